The normalized spacial score (nSPS) is 18.9. The number of nitrogens with zero attached hydrogens (tertiary/aromatic N) is 2. The largest absolute Gasteiger partial charge is 0.481 e. The lowest BCUT2D eigenvalue weighted by Crippen LogP contribution is -2.46. The molecule has 5 heteroatoms. The summed E-state index contributed by atoms with van der Waals surface area (Å²) in [7, 11) is 1.83. The first-order valence-corrected chi connectivity index (χ1v) is 4.97. The number of amidine groups is 1. The Morgan fingerprint density at radius 2 is 2.25 bits per heavy atom. The smallest absolute Gasteiger partial charge is 0.305 e. The molecule has 1 aromatic carbocycles. The van der Waals surface area contributed by atoms with E-state index in [9.17, 15) is 4.79 Å². The molecule has 1 aliphatic heterocycles. The molecular formula is C11H13N3O2. The van der Waals surface area contributed by atoms with E-state index in [0.29, 0.717) is 5.84 Å². The minimum atomic E-state index is -0.880. The van der Waals surface area contributed by atoms with Gasteiger partial charge >= 0.3 is 5.97 Å². The van der Waals surface area contributed by atoms with Gasteiger partial charge in [0.15, 0.2) is 0 Å². The molecule has 0 spiro atoms. The highest BCUT2D eigenvalue weighted by molar-refractivity contribution is 5.98. The molecule has 1 aliphatic rings. The number of likely N-dealkylation sites (N-methyl/N-ethyl adjacent to an activating group) is 1. The van der Waals surface area contributed by atoms with Crippen LogP contribution in [0.5, 0.6) is 0 Å². The van der Waals surface area contributed by atoms with Crippen LogP contribution in [0.1, 0.15) is 6.42 Å². The highest BCUT2D eigenvalue weighted by atomic mass is 16.4. The van der Waals surface area contributed by atoms with Gasteiger partial charge in [0.2, 0.25) is 0 Å². The molecule has 1 heterocycles. The van der Waals surface area contributed by atoms with Crippen molar-refractivity contribution in [1.82, 2.24) is 0 Å². The number of hydrogen-bond acceptors (Lipinski definition) is 4. The van der Waals surface area contributed by atoms with Crippen LogP contribution in [0.15, 0.2) is 29.3 Å². The molecule has 0 fully saturated rings. The Labute approximate surface area is 93.2 Å². The summed E-state index contributed by atoms with van der Waals surface area (Å²) >= 11 is 0. The van der Waals surface area contributed by atoms with E-state index in [1.807, 2.05) is 36.2 Å². The Hall–Kier alpha value is -2.04. The predicted octanol–water partition coefficient (Wildman–Crippen LogP) is 0.968. The van der Waals surface area contributed by atoms with Gasteiger partial charge in [0.1, 0.15) is 5.84 Å². The molecule has 84 valence electrons. The summed E-state index contributed by atoms with van der Waals surface area (Å²) in [5, 5.41) is 8.81. The van der Waals surface area contributed by atoms with Crippen molar-refractivity contribution in [2.45, 2.75) is 12.5 Å². The molecule has 2 rings (SSSR count). The number of benzene rings is 1. The minimum Gasteiger partial charge on any atom is -0.481 e. The lowest BCUT2D eigenvalue weighted by molar-refractivity contribution is -0.137. The Morgan fingerprint density at radius 3 is 2.94 bits per heavy atom. The second kappa shape index (κ2) is 3.84. The Kier molecular flexibility index (Phi) is 2.52. The fourth-order valence-electron chi connectivity index (χ4n) is 1.84. The molecule has 0 amide bonds. The highest BCUT2D eigenvalue weighted by Gasteiger charge is 2.27. The fourth-order valence-corrected chi connectivity index (χ4v) is 1.84. The fraction of sp³-hybridized carbons (Fsp3) is 0.273. The second-order valence-electron chi connectivity index (χ2n) is 3.75. The molecular weight excluding hydrogens is 206 g/mol. The Balaban J connectivity index is 2.39. The molecule has 1 atom stereocenters. The van der Waals surface area contributed by atoms with E-state index in [-0.39, 0.29) is 12.5 Å². The van der Waals surface area contributed by atoms with Gasteiger partial charge in [-0.2, -0.15) is 0 Å². The minimum absolute atomic E-state index is 0.0415. The van der Waals surface area contributed by atoms with E-state index in [1.165, 1.54) is 0 Å². The van der Waals surface area contributed by atoms with Crippen molar-refractivity contribution in [3.05, 3.63) is 24.3 Å². The van der Waals surface area contributed by atoms with Crippen LogP contribution in [0, 0.1) is 0 Å². The summed E-state index contributed by atoms with van der Waals surface area (Å²) in [5.74, 6) is -0.530. The van der Waals surface area contributed by atoms with Crippen molar-refractivity contribution < 1.29 is 9.90 Å². The van der Waals surface area contributed by atoms with Crippen LogP contribution in [-0.2, 0) is 4.79 Å². The zero-order valence-electron chi connectivity index (χ0n) is 8.92. The molecule has 0 radical (unpaired) electrons. The lowest BCUT2D eigenvalue weighted by Gasteiger charge is -2.32. The number of nitrogens with two attached hydrogens (primary N) is 1. The molecule has 3 N–H and O–H groups in total. The van der Waals surface area contributed by atoms with Gasteiger partial charge in [0.25, 0.3) is 0 Å². The van der Waals surface area contributed by atoms with E-state index in [1.54, 1.807) is 0 Å². The van der Waals surface area contributed by atoms with Crippen molar-refractivity contribution in [3.8, 4) is 0 Å². The number of anilines is 1. The van der Waals surface area contributed by atoms with Crippen LogP contribution < -0.4 is 10.6 Å². The predicted molar refractivity (Wildman–Crippen MR) is 62.2 cm³/mol. The van der Waals surface area contributed by atoms with Crippen LogP contribution in [0.3, 0.4) is 0 Å². The SMILES string of the molecule is CN1c2ccccc2N=C(N)C1CC(=O)O. The number of para-hydroxylation sites is 2. The number of rotatable bonds is 2. The Bertz CT molecular complexity index is 456. The molecule has 1 unspecified atom stereocenters. The Morgan fingerprint density at radius 1 is 1.56 bits per heavy atom. The number of fused-ring (bicyclic) bond motifs is 1. The number of carboxylic acids is 1. The summed E-state index contributed by atoms with van der Waals surface area (Å²) in [6.07, 6.45) is -0.0415. The molecule has 0 aromatic heterocycles. The number of aliphatic imine (C=N–C) groups is 1. The molecule has 16 heavy (non-hydrogen) atoms. The van der Waals surface area contributed by atoms with E-state index in [4.69, 9.17) is 10.8 Å². The third-order valence-electron chi connectivity index (χ3n) is 2.69. The molecule has 5 nitrogen and oxygen atoms in total. The van der Waals surface area contributed by atoms with Crippen LogP contribution in [0.4, 0.5) is 11.4 Å². The van der Waals surface area contributed by atoms with Gasteiger partial charge in [-0.3, -0.25) is 4.79 Å². The van der Waals surface area contributed by atoms with E-state index >= 15 is 0 Å². The topological polar surface area (TPSA) is 78.9 Å². The zero-order chi connectivity index (χ0) is 11.7. The average molecular weight is 219 g/mol. The first-order valence-electron chi connectivity index (χ1n) is 4.97. The van der Waals surface area contributed by atoms with Crippen molar-refractivity contribution in [3.63, 3.8) is 0 Å². The third-order valence-corrected chi connectivity index (χ3v) is 2.69. The monoisotopic (exact) mass is 219 g/mol. The molecule has 0 saturated heterocycles. The van der Waals surface area contributed by atoms with Crippen LogP contribution in [0.25, 0.3) is 0 Å². The maximum absolute atomic E-state index is 10.7. The quantitative estimate of drug-likeness (QED) is 0.776. The first-order chi connectivity index (χ1) is 7.59. The number of aliphatic carboxylic acids is 1. The zero-order valence-corrected chi connectivity index (χ0v) is 8.92. The van der Waals surface area contributed by atoms with Crippen LogP contribution in [-0.4, -0.2) is 30.0 Å². The van der Waals surface area contributed by atoms with Crippen LogP contribution in [0.2, 0.25) is 0 Å². The first kappa shape index (κ1) is 10.5. The van der Waals surface area contributed by atoms with E-state index in [0.717, 1.165) is 11.4 Å². The molecule has 1 aromatic rings. The molecule has 0 saturated carbocycles. The second-order valence-corrected chi connectivity index (χ2v) is 3.75. The van der Waals surface area contributed by atoms with Gasteiger partial charge in [-0.25, -0.2) is 4.99 Å². The van der Waals surface area contributed by atoms with Gasteiger partial charge < -0.3 is 15.7 Å². The maximum atomic E-state index is 10.7. The third kappa shape index (κ3) is 1.71. The van der Waals surface area contributed by atoms with Crippen molar-refractivity contribution in [2.75, 3.05) is 11.9 Å². The summed E-state index contributed by atoms with van der Waals surface area (Å²) < 4.78 is 0. The van der Waals surface area contributed by atoms with Crippen LogP contribution >= 0.6 is 0 Å². The summed E-state index contributed by atoms with van der Waals surface area (Å²) in [6.45, 7) is 0. The molecule has 0 bridgehead atoms. The van der Waals surface area contributed by atoms with Gasteiger partial charge in [-0.1, -0.05) is 12.1 Å². The maximum Gasteiger partial charge on any atom is 0.305 e. The standard InChI is InChI=1S/C11H13N3O2/c1-14-8-5-3-2-4-7(8)13-11(12)9(14)6-10(15)16/h2-5,9H,6H2,1H3,(H2,12,13)(H,15,16). The van der Waals surface area contributed by atoms with Gasteiger partial charge in [-0.05, 0) is 12.1 Å². The van der Waals surface area contributed by atoms with E-state index in [2.05, 4.69) is 4.99 Å². The number of carbonyl (C=O) groups is 1. The van der Waals surface area contributed by atoms with E-state index < -0.39 is 5.97 Å². The van der Waals surface area contributed by atoms with Crippen molar-refractivity contribution >= 4 is 23.2 Å². The van der Waals surface area contributed by atoms with Crippen molar-refractivity contribution in [2.24, 2.45) is 10.7 Å². The average Bonchev–Trinajstić information content (AvgIpc) is 2.24. The summed E-state index contributed by atoms with van der Waals surface area (Å²) in [4.78, 5) is 16.8. The van der Waals surface area contributed by atoms with Gasteiger partial charge in [-0.15, -0.1) is 0 Å². The number of carboxylic acid groups (broad SMARTS) is 1. The summed E-state index contributed by atoms with van der Waals surface area (Å²) in [5.41, 5.74) is 7.46. The van der Waals surface area contributed by atoms with Gasteiger partial charge in [0.05, 0.1) is 23.8 Å². The lowest BCUT2D eigenvalue weighted by atomic mass is 10.1. The number of hydrogen-bond donors (Lipinski definition) is 2. The summed E-state index contributed by atoms with van der Waals surface area (Å²) in [6, 6.07) is 7.16. The van der Waals surface area contributed by atoms with Crippen molar-refractivity contribution in [1.29, 1.82) is 0 Å². The molecule has 0 aliphatic carbocycles. The highest BCUT2D eigenvalue weighted by Crippen LogP contribution is 2.33. The van der Waals surface area contributed by atoms with Gasteiger partial charge in [0, 0.05) is 7.05 Å².